The minimum Gasteiger partial charge on any atom is -0.482 e. The van der Waals surface area contributed by atoms with Gasteiger partial charge in [-0.2, -0.15) is 5.26 Å². The normalized spacial score (nSPS) is 9.91. The van der Waals surface area contributed by atoms with Gasteiger partial charge in [0, 0.05) is 0 Å². The third-order valence-corrected chi connectivity index (χ3v) is 3.16. The van der Waals surface area contributed by atoms with Gasteiger partial charge in [-0.15, -0.1) is 0 Å². The lowest BCUT2D eigenvalue weighted by molar-refractivity contribution is -0.136. The van der Waals surface area contributed by atoms with Crippen molar-refractivity contribution in [3.05, 3.63) is 58.7 Å². The SMILES string of the molecule is Cc1cc(C)c(OC(=O)COc2ccc(C#N)cc2)c(C)c1. The van der Waals surface area contributed by atoms with Gasteiger partial charge in [-0.25, -0.2) is 4.79 Å². The molecule has 0 heterocycles. The molecule has 0 saturated carbocycles. The summed E-state index contributed by atoms with van der Waals surface area (Å²) >= 11 is 0. The summed E-state index contributed by atoms with van der Waals surface area (Å²) in [6.45, 7) is 5.63. The monoisotopic (exact) mass is 295 g/mol. The summed E-state index contributed by atoms with van der Waals surface area (Å²) in [7, 11) is 0. The highest BCUT2D eigenvalue weighted by atomic mass is 16.6. The third kappa shape index (κ3) is 3.86. The number of benzene rings is 2. The van der Waals surface area contributed by atoms with E-state index in [4.69, 9.17) is 14.7 Å². The van der Waals surface area contributed by atoms with Gasteiger partial charge >= 0.3 is 5.97 Å². The molecule has 0 spiro atoms. The first-order valence-electron chi connectivity index (χ1n) is 6.91. The molecule has 0 N–H and O–H groups in total. The van der Waals surface area contributed by atoms with Crippen LogP contribution in [-0.2, 0) is 4.79 Å². The zero-order valence-corrected chi connectivity index (χ0v) is 12.8. The molecular weight excluding hydrogens is 278 g/mol. The molecule has 0 radical (unpaired) electrons. The highest BCUT2D eigenvalue weighted by Crippen LogP contribution is 2.24. The summed E-state index contributed by atoms with van der Waals surface area (Å²) < 4.78 is 10.7. The molecule has 0 saturated heterocycles. The smallest absolute Gasteiger partial charge is 0.349 e. The molecular formula is C18H17NO3. The van der Waals surface area contributed by atoms with Crippen LogP contribution < -0.4 is 9.47 Å². The van der Waals surface area contributed by atoms with Crippen LogP contribution in [0.25, 0.3) is 0 Å². The topological polar surface area (TPSA) is 59.3 Å². The molecule has 0 amide bonds. The number of rotatable bonds is 4. The van der Waals surface area contributed by atoms with E-state index in [1.54, 1.807) is 24.3 Å². The Morgan fingerprint density at radius 3 is 2.23 bits per heavy atom. The fraction of sp³-hybridized carbons (Fsp3) is 0.222. The van der Waals surface area contributed by atoms with Gasteiger partial charge in [0.15, 0.2) is 6.61 Å². The lowest BCUT2D eigenvalue weighted by Gasteiger charge is -2.12. The van der Waals surface area contributed by atoms with E-state index in [0.29, 0.717) is 17.1 Å². The Hall–Kier alpha value is -2.80. The standard InChI is InChI=1S/C18H17NO3/c1-12-8-13(2)18(14(3)9-12)22-17(20)11-21-16-6-4-15(10-19)5-7-16/h4-9H,11H2,1-3H3. The Balaban J connectivity index is 1.97. The molecule has 22 heavy (non-hydrogen) atoms. The Morgan fingerprint density at radius 2 is 1.68 bits per heavy atom. The van der Waals surface area contributed by atoms with E-state index < -0.39 is 5.97 Å². The van der Waals surface area contributed by atoms with Crippen LogP contribution in [0.2, 0.25) is 0 Å². The van der Waals surface area contributed by atoms with Crippen LogP contribution in [0, 0.1) is 32.1 Å². The minimum absolute atomic E-state index is 0.182. The Bertz CT molecular complexity index is 704. The molecule has 112 valence electrons. The summed E-state index contributed by atoms with van der Waals surface area (Å²) in [6.07, 6.45) is 0. The van der Waals surface area contributed by atoms with Crippen LogP contribution in [0.15, 0.2) is 36.4 Å². The summed E-state index contributed by atoms with van der Waals surface area (Å²) in [6, 6.07) is 12.5. The van der Waals surface area contributed by atoms with Gasteiger partial charge in [0.25, 0.3) is 0 Å². The molecule has 4 heteroatoms. The second-order valence-corrected chi connectivity index (χ2v) is 5.13. The van der Waals surface area contributed by atoms with Crippen molar-refractivity contribution in [1.29, 1.82) is 5.26 Å². The first-order valence-corrected chi connectivity index (χ1v) is 6.91. The van der Waals surface area contributed by atoms with Crippen molar-refractivity contribution in [1.82, 2.24) is 0 Å². The Labute approximate surface area is 129 Å². The number of hydrogen-bond donors (Lipinski definition) is 0. The number of carbonyl (C=O) groups is 1. The van der Waals surface area contributed by atoms with E-state index in [-0.39, 0.29) is 6.61 Å². The number of carbonyl (C=O) groups excluding carboxylic acids is 1. The van der Waals surface area contributed by atoms with Gasteiger partial charge in [-0.1, -0.05) is 17.7 Å². The predicted octanol–water partition coefficient (Wildman–Crippen LogP) is 3.47. The number of ether oxygens (including phenoxy) is 2. The van der Waals surface area contributed by atoms with Crippen LogP contribution in [0.1, 0.15) is 22.3 Å². The van der Waals surface area contributed by atoms with Crippen LogP contribution in [0.4, 0.5) is 0 Å². The van der Waals surface area contributed by atoms with Crippen molar-refractivity contribution in [3.8, 4) is 17.6 Å². The molecule has 0 atom stereocenters. The van der Waals surface area contributed by atoms with Gasteiger partial charge in [0.05, 0.1) is 11.6 Å². The second kappa shape index (κ2) is 6.77. The fourth-order valence-electron chi connectivity index (χ4n) is 2.24. The summed E-state index contributed by atoms with van der Waals surface area (Å²) in [4.78, 5) is 11.9. The quantitative estimate of drug-likeness (QED) is 0.640. The number of hydrogen-bond acceptors (Lipinski definition) is 4. The third-order valence-electron chi connectivity index (χ3n) is 3.16. The minimum atomic E-state index is -0.459. The predicted molar refractivity (Wildman–Crippen MR) is 82.9 cm³/mol. The lowest BCUT2D eigenvalue weighted by atomic mass is 10.1. The summed E-state index contributed by atoms with van der Waals surface area (Å²) in [5.74, 6) is 0.645. The van der Waals surface area contributed by atoms with Crippen LogP contribution >= 0.6 is 0 Å². The molecule has 2 aromatic rings. The van der Waals surface area contributed by atoms with Gasteiger partial charge in [0.1, 0.15) is 11.5 Å². The summed E-state index contributed by atoms with van der Waals surface area (Å²) in [5.41, 5.74) is 3.51. The molecule has 0 bridgehead atoms. The lowest BCUT2D eigenvalue weighted by Crippen LogP contribution is -2.18. The molecule has 0 fully saturated rings. The van der Waals surface area contributed by atoms with E-state index in [1.165, 1.54) is 0 Å². The fourth-order valence-corrected chi connectivity index (χ4v) is 2.24. The average Bonchev–Trinajstić information content (AvgIpc) is 2.49. The molecule has 0 aliphatic carbocycles. The van der Waals surface area contributed by atoms with E-state index in [9.17, 15) is 4.79 Å². The zero-order valence-electron chi connectivity index (χ0n) is 12.8. The van der Waals surface area contributed by atoms with Crippen LogP contribution in [0.5, 0.6) is 11.5 Å². The molecule has 0 unspecified atom stereocenters. The number of aryl methyl sites for hydroxylation is 3. The van der Waals surface area contributed by atoms with Gasteiger partial charge < -0.3 is 9.47 Å². The zero-order chi connectivity index (χ0) is 16.1. The molecule has 0 aliphatic rings. The van der Waals surface area contributed by atoms with Gasteiger partial charge in [-0.3, -0.25) is 0 Å². The molecule has 2 rings (SSSR count). The number of nitrogens with zero attached hydrogens (tertiary/aromatic N) is 1. The molecule has 0 aromatic heterocycles. The van der Waals surface area contributed by atoms with Gasteiger partial charge in [0.2, 0.25) is 0 Å². The van der Waals surface area contributed by atoms with E-state index >= 15 is 0 Å². The Kier molecular flexibility index (Phi) is 4.80. The van der Waals surface area contributed by atoms with Crippen LogP contribution in [-0.4, -0.2) is 12.6 Å². The van der Waals surface area contributed by atoms with E-state index in [2.05, 4.69) is 0 Å². The van der Waals surface area contributed by atoms with Crippen molar-refractivity contribution in [3.63, 3.8) is 0 Å². The van der Waals surface area contributed by atoms with Crippen molar-refractivity contribution in [2.24, 2.45) is 0 Å². The van der Waals surface area contributed by atoms with E-state index in [0.717, 1.165) is 16.7 Å². The van der Waals surface area contributed by atoms with Crippen LogP contribution in [0.3, 0.4) is 0 Å². The van der Waals surface area contributed by atoms with Crippen molar-refractivity contribution < 1.29 is 14.3 Å². The van der Waals surface area contributed by atoms with Crippen molar-refractivity contribution in [2.45, 2.75) is 20.8 Å². The number of nitriles is 1. The highest BCUT2D eigenvalue weighted by Gasteiger charge is 2.11. The number of esters is 1. The van der Waals surface area contributed by atoms with Crippen molar-refractivity contribution >= 4 is 5.97 Å². The maximum atomic E-state index is 11.9. The maximum absolute atomic E-state index is 11.9. The largest absolute Gasteiger partial charge is 0.482 e. The van der Waals surface area contributed by atoms with E-state index in [1.807, 2.05) is 39.0 Å². The van der Waals surface area contributed by atoms with Crippen molar-refractivity contribution in [2.75, 3.05) is 6.61 Å². The molecule has 2 aromatic carbocycles. The second-order valence-electron chi connectivity index (χ2n) is 5.13. The first kappa shape index (κ1) is 15.6. The first-order chi connectivity index (χ1) is 10.5. The highest BCUT2D eigenvalue weighted by molar-refractivity contribution is 5.75. The molecule has 0 aliphatic heterocycles. The summed E-state index contributed by atoms with van der Waals surface area (Å²) in [5, 5.41) is 8.72. The Morgan fingerprint density at radius 1 is 1.09 bits per heavy atom. The average molecular weight is 295 g/mol. The van der Waals surface area contributed by atoms with Gasteiger partial charge in [-0.05, 0) is 56.2 Å². The maximum Gasteiger partial charge on any atom is 0.349 e. The molecule has 4 nitrogen and oxygen atoms in total.